The average Bonchev–Trinajstić information content (AvgIpc) is 2.37. The predicted molar refractivity (Wildman–Crippen MR) is 81.3 cm³/mol. The Kier molecular flexibility index (Phi) is 4.25. The molecule has 0 saturated heterocycles. The summed E-state index contributed by atoms with van der Waals surface area (Å²) >= 11 is 7.55. The van der Waals surface area contributed by atoms with Gasteiger partial charge in [0.1, 0.15) is 0 Å². The molecule has 0 fully saturated rings. The van der Waals surface area contributed by atoms with Crippen LogP contribution in [0.1, 0.15) is 19.8 Å². The first-order valence-corrected chi connectivity index (χ1v) is 7.31. The lowest BCUT2D eigenvalue weighted by Crippen LogP contribution is -2.24. The molecule has 1 aromatic carbocycles. The first kappa shape index (κ1) is 13.4. The summed E-state index contributed by atoms with van der Waals surface area (Å²) in [7, 11) is 1.97. The molecular weight excluding hydrogens is 266 g/mol. The summed E-state index contributed by atoms with van der Waals surface area (Å²) < 4.78 is 0.983. The lowest BCUT2D eigenvalue weighted by molar-refractivity contribution is 0.766. The number of unbranched alkanes of at least 4 members (excludes halogenated alkanes) is 1. The van der Waals surface area contributed by atoms with Crippen molar-refractivity contribution in [3.63, 3.8) is 0 Å². The number of rotatable bonds is 4. The van der Waals surface area contributed by atoms with Crippen LogP contribution in [0, 0.1) is 0 Å². The SMILES string of the molecule is CCCCN(C)c1csc2ccc(Cl)cc2c1=O. The van der Waals surface area contributed by atoms with Crippen LogP contribution in [0.15, 0.2) is 28.4 Å². The molecule has 2 rings (SSSR count). The van der Waals surface area contributed by atoms with Crippen molar-refractivity contribution in [2.75, 3.05) is 18.5 Å². The number of fused-ring (bicyclic) bond motifs is 1. The molecule has 0 aliphatic rings. The van der Waals surface area contributed by atoms with Crippen molar-refractivity contribution >= 4 is 38.7 Å². The molecule has 0 N–H and O–H groups in total. The van der Waals surface area contributed by atoms with Crippen LogP contribution >= 0.6 is 22.9 Å². The summed E-state index contributed by atoms with van der Waals surface area (Å²) in [4.78, 5) is 14.4. The third-order valence-corrected chi connectivity index (χ3v) is 4.16. The highest BCUT2D eigenvalue weighted by Crippen LogP contribution is 2.23. The molecule has 1 heterocycles. The van der Waals surface area contributed by atoms with Crippen molar-refractivity contribution < 1.29 is 0 Å². The zero-order valence-corrected chi connectivity index (χ0v) is 12.1. The van der Waals surface area contributed by atoms with Crippen molar-refractivity contribution in [1.29, 1.82) is 0 Å². The van der Waals surface area contributed by atoms with E-state index in [4.69, 9.17) is 11.6 Å². The van der Waals surface area contributed by atoms with Gasteiger partial charge >= 0.3 is 0 Å². The molecule has 0 aliphatic carbocycles. The summed E-state index contributed by atoms with van der Waals surface area (Å²) in [6.07, 6.45) is 2.22. The van der Waals surface area contributed by atoms with Gasteiger partial charge in [-0.15, -0.1) is 11.3 Å². The Morgan fingerprint density at radius 2 is 2.17 bits per heavy atom. The fourth-order valence-electron chi connectivity index (χ4n) is 1.87. The van der Waals surface area contributed by atoms with E-state index in [1.807, 2.05) is 29.5 Å². The Labute approximate surface area is 116 Å². The van der Waals surface area contributed by atoms with E-state index in [0.717, 1.165) is 29.8 Å². The standard InChI is InChI=1S/C14H16ClNOS/c1-3-4-7-16(2)12-9-18-13-6-5-10(15)8-11(13)14(12)17/h5-6,8-9H,3-4,7H2,1-2H3. The number of nitrogens with zero attached hydrogens (tertiary/aromatic N) is 1. The Hall–Kier alpha value is -1.06. The molecule has 0 spiro atoms. The lowest BCUT2D eigenvalue weighted by Gasteiger charge is -2.18. The minimum atomic E-state index is 0.0739. The second kappa shape index (κ2) is 5.72. The van der Waals surface area contributed by atoms with Crippen molar-refractivity contribution in [3.8, 4) is 0 Å². The van der Waals surface area contributed by atoms with Crippen LogP contribution in [0.3, 0.4) is 0 Å². The monoisotopic (exact) mass is 281 g/mol. The number of halogens is 1. The lowest BCUT2D eigenvalue weighted by atomic mass is 10.2. The highest BCUT2D eigenvalue weighted by molar-refractivity contribution is 7.16. The maximum Gasteiger partial charge on any atom is 0.211 e. The van der Waals surface area contributed by atoms with Gasteiger partial charge in [-0.1, -0.05) is 24.9 Å². The zero-order chi connectivity index (χ0) is 13.1. The molecule has 0 saturated carbocycles. The van der Waals surface area contributed by atoms with Crippen LogP contribution in [0.5, 0.6) is 0 Å². The summed E-state index contributed by atoms with van der Waals surface area (Å²) in [5.41, 5.74) is 0.841. The van der Waals surface area contributed by atoms with Crippen LogP contribution in [-0.4, -0.2) is 13.6 Å². The molecule has 2 aromatic rings. The van der Waals surface area contributed by atoms with E-state index in [2.05, 4.69) is 6.92 Å². The largest absolute Gasteiger partial charge is 0.371 e. The van der Waals surface area contributed by atoms with Crippen molar-refractivity contribution in [2.24, 2.45) is 0 Å². The smallest absolute Gasteiger partial charge is 0.211 e. The van der Waals surface area contributed by atoms with Gasteiger partial charge in [0.15, 0.2) is 0 Å². The van der Waals surface area contributed by atoms with Crippen molar-refractivity contribution in [1.82, 2.24) is 0 Å². The molecule has 0 unspecified atom stereocenters. The van der Waals surface area contributed by atoms with Crippen molar-refractivity contribution in [2.45, 2.75) is 19.8 Å². The quantitative estimate of drug-likeness (QED) is 0.839. The molecule has 0 bridgehead atoms. The Bertz CT molecular complexity index is 608. The predicted octanol–water partition coefficient (Wildman–Crippen LogP) is 4.15. The van der Waals surface area contributed by atoms with Crippen LogP contribution in [0.2, 0.25) is 5.02 Å². The van der Waals surface area contributed by atoms with Gasteiger partial charge in [-0.2, -0.15) is 0 Å². The van der Waals surface area contributed by atoms with E-state index < -0.39 is 0 Å². The van der Waals surface area contributed by atoms with Crippen LogP contribution in [-0.2, 0) is 0 Å². The number of hydrogen-bond acceptors (Lipinski definition) is 3. The molecule has 1 aromatic heterocycles. The average molecular weight is 282 g/mol. The maximum absolute atomic E-state index is 12.4. The topological polar surface area (TPSA) is 20.3 Å². The Morgan fingerprint density at radius 1 is 1.39 bits per heavy atom. The van der Waals surface area contributed by atoms with E-state index >= 15 is 0 Å². The van der Waals surface area contributed by atoms with Crippen LogP contribution in [0.25, 0.3) is 10.1 Å². The molecular formula is C14H16ClNOS. The highest BCUT2D eigenvalue weighted by Gasteiger charge is 2.09. The first-order valence-electron chi connectivity index (χ1n) is 6.05. The van der Waals surface area contributed by atoms with E-state index in [0.29, 0.717) is 10.4 Å². The van der Waals surface area contributed by atoms with E-state index in [9.17, 15) is 4.79 Å². The Morgan fingerprint density at radius 3 is 2.89 bits per heavy atom. The van der Waals surface area contributed by atoms with E-state index in [1.54, 1.807) is 17.4 Å². The molecule has 0 radical (unpaired) electrons. The van der Waals surface area contributed by atoms with Gasteiger partial charge in [-0.25, -0.2) is 0 Å². The molecule has 18 heavy (non-hydrogen) atoms. The second-order valence-corrected chi connectivity index (χ2v) is 5.71. The molecule has 0 aliphatic heterocycles. The normalized spacial score (nSPS) is 10.8. The molecule has 2 nitrogen and oxygen atoms in total. The summed E-state index contributed by atoms with van der Waals surface area (Å²) in [5.74, 6) is 0. The number of hydrogen-bond donors (Lipinski definition) is 0. The minimum Gasteiger partial charge on any atom is -0.371 e. The highest BCUT2D eigenvalue weighted by atomic mass is 35.5. The van der Waals surface area contributed by atoms with Gasteiger partial charge in [0, 0.05) is 34.1 Å². The first-order chi connectivity index (χ1) is 8.63. The van der Waals surface area contributed by atoms with Crippen LogP contribution in [0.4, 0.5) is 5.69 Å². The summed E-state index contributed by atoms with van der Waals surface area (Å²) in [6, 6.07) is 5.48. The molecule has 96 valence electrons. The minimum absolute atomic E-state index is 0.0739. The van der Waals surface area contributed by atoms with E-state index in [1.165, 1.54) is 0 Å². The zero-order valence-electron chi connectivity index (χ0n) is 10.6. The molecule has 4 heteroatoms. The fraction of sp³-hybridized carbons (Fsp3) is 0.357. The van der Waals surface area contributed by atoms with Gasteiger partial charge in [0.2, 0.25) is 5.43 Å². The Balaban J connectivity index is 2.47. The van der Waals surface area contributed by atoms with Gasteiger partial charge in [-0.3, -0.25) is 4.79 Å². The number of benzene rings is 1. The molecule has 0 amide bonds. The summed E-state index contributed by atoms with van der Waals surface area (Å²) in [5, 5.41) is 3.27. The third-order valence-electron chi connectivity index (χ3n) is 2.97. The van der Waals surface area contributed by atoms with Crippen molar-refractivity contribution in [3.05, 3.63) is 38.8 Å². The van der Waals surface area contributed by atoms with Crippen LogP contribution < -0.4 is 10.3 Å². The van der Waals surface area contributed by atoms with Gasteiger partial charge in [-0.05, 0) is 24.6 Å². The maximum atomic E-state index is 12.4. The summed E-state index contributed by atoms with van der Waals surface area (Å²) in [6.45, 7) is 3.05. The fourth-order valence-corrected chi connectivity index (χ4v) is 3.00. The third kappa shape index (κ3) is 2.68. The van der Waals surface area contributed by atoms with Gasteiger partial charge in [0.25, 0.3) is 0 Å². The van der Waals surface area contributed by atoms with Gasteiger partial charge in [0.05, 0.1) is 5.69 Å². The van der Waals surface area contributed by atoms with E-state index in [-0.39, 0.29) is 5.43 Å². The second-order valence-electron chi connectivity index (χ2n) is 4.37. The number of anilines is 1. The molecule has 0 atom stereocenters. The van der Waals surface area contributed by atoms with Gasteiger partial charge < -0.3 is 4.90 Å².